The molecule has 0 aliphatic carbocycles. The first-order valence-electron chi connectivity index (χ1n) is 6.82. The van der Waals surface area contributed by atoms with Crippen molar-refractivity contribution in [1.29, 1.82) is 0 Å². The Bertz CT molecular complexity index is 408. The fraction of sp³-hybridized carbons (Fsp3) is 0.643. The Hall–Kier alpha value is -1.65. The fourth-order valence-corrected chi connectivity index (χ4v) is 1.62. The van der Waals surface area contributed by atoms with Crippen LogP contribution in [-0.2, 0) is 4.74 Å². The van der Waals surface area contributed by atoms with Gasteiger partial charge in [-0.2, -0.15) is 4.98 Å². The van der Waals surface area contributed by atoms with Crippen LogP contribution >= 0.6 is 0 Å². The Labute approximate surface area is 114 Å². The summed E-state index contributed by atoms with van der Waals surface area (Å²) in [6, 6.07) is 0.321. The molecule has 0 saturated carbocycles. The van der Waals surface area contributed by atoms with Crippen LogP contribution in [0.25, 0.3) is 0 Å². The molecule has 106 valence electrons. The predicted octanol–water partition coefficient (Wildman–Crippen LogP) is 2.92. The van der Waals surface area contributed by atoms with Crippen LogP contribution in [0.4, 0.5) is 0 Å². The van der Waals surface area contributed by atoms with Crippen LogP contribution in [0.3, 0.4) is 0 Å². The molecule has 0 aliphatic rings. The van der Waals surface area contributed by atoms with E-state index in [0.717, 1.165) is 12.8 Å². The minimum atomic E-state index is -0.394. The second-order valence-electron chi connectivity index (χ2n) is 4.28. The lowest BCUT2D eigenvalue weighted by molar-refractivity contribution is 0.0524. The first kappa shape index (κ1) is 15.4. The van der Waals surface area contributed by atoms with Crippen LogP contribution in [0.1, 0.15) is 55.6 Å². The van der Waals surface area contributed by atoms with Crippen LogP contribution in [0.2, 0.25) is 0 Å². The van der Waals surface area contributed by atoms with Gasteiger partial charge in [-0.15, -0.1) is 0 Å². The molecule has 0 radical (unpaired) electrons. The molecule has 0 fully saturated rings. The van der Waals surface area contributed by atoms with E-state index < -0.39 is 5.97 Å². The van der Waals surface area contributed by atoms with E-state index in [1.807, 2.05) is 0 Å². The average molecular weight is 266 g/mol. The maximum atomic E-state index is 11.6. The highest BCUT2D eigenvalue weighted by Crippen LogP contribution is 2.10. The number of carbonyl (C=O) groups is 1. The highest BCUT2D eigenvalue weighted by molar-refractivity contribution is 5.90. The molecule has 1 heterocycles. The molecule has 1 aromatic rings. The second-order valence-corrected chi connectivity index (χ2v) is 4.28. The normalized spacial score (nSPS) is 10.3. The molecule has 0 N–H and O–H groups in total. The van der Waals surface area contributed by atoms with Crippen molar-refractivity contribution < 1.29 is 14.3 Å². The SMILES string of the molecule is CCCCCCOc1ncc(C(=O)OCC)c(C)n1. The van der Waals surface area contributed by atoms with Crippen molar-refractivity contribution in [3.63, 3.8) is 0 Å². The average Bonchev–Trinajstić information content (AvgIpc) is 2.39. The fourth-order valence-electron chi connectivity index (χ4n) is 1.62. The monoisotopic (exact) mass is 266 g/mol. The quantitative estimate of drug-likeness (QED) is 0.535. The summed E-state index contributed by atoms with van der Waals surface area (Å²) in [5, 5.41) is 0. The van der Waals surface area contributed by atoms with Crippen molar-refractivity contribution in [3.8, 4) is 6.01 Å². The molecule has 1 aromatic heterocycles. The number of carbonyl (C=O) groups excluding carboxylic acids is 1. The second kappa shape index (κ2) is 8.45. The van der Waals surface area contributed by atoms with Gasteiger partial charge in [-0.05, 0) is 20.3 Å². The van der Waals surface area contributed by atoms with Crippen molar-refractivity contribution in [2.45, 2.75) is 46.5 Å². The van der Waals surface area contributed by atoms with Gasteiger partial charge in [-0.3, -0.25) is 0 Å². The van der Waals surface area contributed by atoms with Crippen LogP contribution in [0.15, 0.2) is 6.20 Å². The van der Waals surface area contributed by atoms with Crippen molar-refractivity contribution in [2.24, 2.45) is 0 Å². The minimum Gasteiger partial charge on any atom is -0.463 e. The van der Waals surface area contributed by atoms with E-state index in [1.54, 1.807) is 13.8 Å². The van der Waals surface area contributed by atoms with Crippen molar-refractivity contribution in [2.75, 3.05) is 13.2 Å². The summed E-state index contributed by atoms with van der Waals surface area (Å²) in [5.41, 5.74) is 0.970. The highest BCUT2D eigenvalue weighted by Gasteiger charge is 2.12. The third-order valence-corrected chi connectivity index (χ3v) is 2.68. The first-order chi connectivity index (χ1) is 9.19. The lowest BCUT2D eigenvalue weighted by atomic mass is 10.2. The van der Waals surface area contributed by atoms with E-state index in [0.29, 0.717) is 30.5 Å². The minimum absolute atomic E-state index is 0.321. The van der Waals surface area contributed by atoms with Crippen LogP contribution in [-0.4, -0.2) is 29.2 Å². The Morgan fingerprint density at radius 3 is 2.68 bits per heavy atom. The highest BCUT2D eigenvalue weighted by atomic mass is 16.5. The number of hydrogen-bond donors (Lipinski definition) is 0. The van der Waals surface area contributed by atoms with E-state index in [1.165, 1.54) is 19.0 Å². The molecule has 0 aromatic carbocycles. The number of unbranched alkanes of at least 4 members (excludes halogenated alkanes) is 3. The smallest absolute Gasteiger partial charge is 0.341 e. The molecule has 1 rings (SSSR count). The Kier molecular flexibility index (Phi) is 6.85. The lowest BCUT2D eigenvalue weighted by Crippen LogP contribution is -2.10. The van der Waals surface area contributed by atoms with Crippen LogP contribution < -0.4 is 4.74 Å². The zero-order chi connectivity index (χ0) is 14.1. The predicted molar refractivity (Wildman–Crippen MR) is 72.4 cm³/mol. The maximum Gasteiger partial charge on any atom is 0.341 e. The van der Waals surface area contributed by atoms with Crippen LogP contribution in [0.5, 0.6) is 6.01 Å². The van der Waals surface area contributed by atoms with Crippen LogP contribution in [0, 0.1) is 6.92 Å². The summed E-state index contributed by atoms with van der Waals surface area (Å²) < 4.78 is 10.4. The maximum absolute atomic E-state index is 11.6. The number of aryl methyl sites for hydroxylation is 1. The van der Waals surface area contributed by atoms with Gasteiger partial charge >= 0.3 is 12.0 Å². The van der Waals surface area contributed by atoms with Crippen molar-refractivity contribution in [1.82, 2.24) is 9.97 Å². The van der Waals surface area contributed by atoms with Crippen molar-refractivity contribution >= 4 is 5.97 Å². The Morgan fingerprint density at radius 2 is 2.05 bits per heavy atom. The van der Waals surface area contributed by atoms with Gasteiger partial charge in [0, 0.05) is 6.20 Å². The van der Waals surface area contributed by atoms with E-state index in [2.05, 4.69) is 16.9 Å². The van der Waals surface area contributed by atoms with Gasteiger partial charge in [0.05, 0.1) is 24.5 Å². The van der Waals surface area contributed by atoms with Gasteiger partial charge in [0.15, 0.2) is 0 Å². The third kappa shape index (κ3) is 5.24. The standard InChI is InChI=1S/C14H22N2O3/c1-4-6-7-8-9-19-14-15-10-12(11(3)16-14)13(17)18-5-2/h10H,4-9H2,1-3H3. The first-order valence-corrected chi connectivity index (χ1v) is 6.82. The molecule has 0 spiro atoms. The molecule has 0 aliphatic heterocycles. The molecule has 19 heavy (non-hydrogen) atoms. The van der Waals surface area contributed by atoms with Gasteiger partial charge in [0.1, 0.15) is 0 Å². The number of hydrogen-bond acceptors (Lipinski definition) is 5. The molecule has 0 saturated heterocycles. The van der Waals surface area contributed by atoms with Gasteiger partial charge in [-0.25, -0.2) is 9.78 Å². The number of aromatic nitrogens is 2. The Morgan fingerprint density at radius 1 is 1.26 bits per heavy atom. The van der Waals surface area contributed by atoms with E-state index in [4.69, 9.17) is 9.47 Å². The summed E-state index contributed by atoms with van der Waals surface area (Å²) in [7, 11) is 0. The summed E-state index contributed by atoms with van der Waals surface area (Å²) in [5.74, 6) is -0.394. The van der Waals surface area contributed by atoms with E-state index >= 15 is 0 Å². The summed E-state index contributed by atoms with van der Waals surface area (Å²) >= 11 is 0. The number of nitrogens with zero attached hydrogens (tertiary/aromatic N) is 2. The van der Waals surface area contributed by atoms with Gasteiger partial charge in [0.2, 0.25) is 0 Å². The number of rotatable bonds is 8. The van der Waals surface area contributed by atoms with Gasteiger partial charge in [-0.1, -0.05) is 26.2 Å². The largest absolute Gasteiger partial charge is 0.463 e. The zero-order valence-electron chi connectivity index (χ0n) is 11.9. The molecule has 0 bridgehead atoms. The number of ether oxygens (including phenoxy) is 2. The summed E-state index contributed by atoms with van der Waals surface area (Å²) in [4.78, 5) is 19.8. The number of esters is 1. The van der Waals surface area contributed by atoms with Crippen molar-refractivity contribution in [3.05, 3.63) is 17.5 Å². The van der Waals surface area contributed by atoms with Gasteiger partial charge < -0.3 is 9.47 Å². The molecule has 5 nitrogen and oxygen atoms in total. The lowest BCUT2D eigenvalue weighted by Gasteiger charge is -2.07. The van der Waals surface area contributed by atoms with E-state index in [9.17, 15) is 4.79 Å². The van der Waals surface area contributed by atoms with Gasteiger partial charge in [0.25, 0.3) is 0 Å². The molecular formula is C14H22N2O3. The molecule has 0 atom stereocenters. The topological polar surface area (TPSA) is 61.3 Å². The zero-order valence-corrected chi connectivity index (χ0v) is 11.9. The molecule has 5 heteroatoms. The van der Waals surface area contributed by atoms with E-state index in [-0.39, 0.29) is 0 Å². The summed E-state index contributed by atoms with van der Waals surface area (Å²) in [6.45, 7) is 6.63. The molecule has 0 unspecified atom stereocenters. The molecular weight excluding hydrogens is 244 g/mol. The Balaban J connectivity index is 2.49. The summed E-state index contributed by atoms with van der Waals surface area (Å²) in [6.07, 6.45) is 6.02. The molecule has 0 amide bonds. The third-order valence-electron chi connectivity index (χ3n) is 2.68.